The van der Waals surface area contributed by atoms with Gasteiger partial charge in [-0.15, -0.1) is 11.8 Å². The molecule has 2 aromatic carbocycles. The number of aliphatic carboxylic acids is 1. The molecule has 2 heterocycles. The predicted octanol–water partition coefficient (Wildman–Crippen LogP) is 5.49. The number of nitrogens with two attached hydrogens (primary N) is 1. The minimum atomic E-state index is -0.944. The minimum absolute atomic E-state index is 0.201. The molecule has 1 unspecified atom stereocenters. The van der Waals surface area contributed by atoms with Crippen molar-refractivity contribution in [2.45, 2.75) is 37.0 Å². The molecular formula is C25H23N5O3S. The van der Waals surface area contributed by atoms with E-state index in [1.54, 1.807) is 25.1 Å². The third-order valence-electron chi connectivity index (χ3n) is 5.34. The Morgan fingerprint density at radius 3 is 2.56 bits per heavy atom. The van der Waals surface area contributed by atoms with Gasteiger partial charge < -0.3 is 20.1 Å². The average Bonchev–Trinajstić information content (AvgIpc) is 3.21. The van der Waals surface area contributed by atoms with Crippen LogP contribution >= 0.6 is 11.8 Å². The van der Waals surface area contributed by atoms with E-state index in [9.17, 15) is 15.2 Å². The van der Waals surface area contributed by atoms with Crippen LogP contribution in [0.4, 0.5) is 5.82 Å². The summed E-state index contributed by atoms with van der Waals surface area (Å²) in [7, 11) is 0. The normalized spacial score (nSPS) is 12.0. The fourth-order valence-corrected chi connectivity index (χ4v) is 4.50. The number of rotatable bonds is 7. The Morgan fingerprint density at radius 2 is 1.91 bits per heavy atom. The van der Waals surface area contributed by atoms with Crippen LogP contribution in [0.1, 0.15) is 32.4 Å². The second-order valence-electron chi connectivity index (χ2n) is 7.97. The van der Waals surface area contributed by atoms with Gasteiger partial charge in [0.1, 0.15) is 46.2 Å². The largest absolute Gasteiger partial charge is 0.480 e. The van der Waals surface area contributed by atoms with Crippen LogP contribution in [0, 0.1) is 11.3 Å². The first-order chi connectivity index (χ1) is 16.3. The number of aromatic nitrogens is 3. The fourth-order valence-electron chi connectivity index (χ4n) is 3.60. The molecule has 0 aliphatic heterocycles. The maximum absolute atomic E-state index is 11.2. The molecule has 0 saturated heterocycles. The van der Waals surface area contributed by atoms with E-state index in [4.69, 9.17) is 10.5 Å². The average molecular weight is 474 g/mol. The molecular weight excluding hydrogens is 450 g/mol. The van der Waals surface area contributed by atoms with Crippen molar-refractivity contribution in [3.05, 3.63) is 60.6 Å². The van der Waals surface area contributed by atoms with Gasteiger partial charge in [-0.2, -0.15) is 5.26 Å². The van der Waals surface area contributed by atoms with Crippen LogP contribution in [-0.2, 0) is 4.79 Å². The molecule has 0 spiro atoms. The van der Waals surface area contributed by atoms with Gasteiger partial charge in [-0.25, -0.2) is 9.97 Å². The Labute approximate surface area is 201 Å². The zero-order valence-electron chi connectivity index (χ0n) is 18.9. The Kier molecular flexibility index (Phi) is 6.43. The molecule has 0 aliphatic carbocycles. The van der Waals surface area contributed by atoms with Gasteiger partial charge in [0.15, 0.2) is 0 Å². The van der Waals surface area contributed by atoms with Gasteiger partial charge in [-0.1, -0.05) is 18.2 Å². The highest BCUT2D eigenvalue weighted by Crippen LogP contribution is 2.37. The van der Waals surface area contributed by atoms with Gasteiger partial charge in [0.25, 0.3) is 0 Å². The van der Waals surface area contributed by atoms with E-state index in [2.05, 4.69) is 34.5 Å². The predicted molar refractivity (Wildman–Crippen MR) is 132 cm³/mol. The van der Waals surface area contributed by atoms with Crippen LogP contribution in [0.3, 0.4) is 0 Å². The van der Waals surface area contributed by atoms with E-state index < -0.39 is 11.2 Å². The highest BCUT2D eigenvalue weighted by atomic mass is 32.2. The van der Waals surface area contributed by atoms with Crippen molar-refractivity contribution in [3.63, 3.8) is 0 Å². The molecule has 0 fully saturated rings. The monoisotopic (exact) mass is 473 g/mol. The number of nitrogens with zero attached hydrogens (tertiary/aromatic N) is 4. The maximum atomic E-state index is 11.2. The first kappa shape index (κ1) is 23.1. The van der Waals surface area contributed by atoms with E-state index in [0.29, 0.717) is 27.8 Å². The van der Waals surface area contributed by atoms with Crippen molar-refractivity contribution < 1.29 is 14.6 Å². The first-order valence-electron chi connectivity index (χ1n) is 10.6. The van der Waals surface area contributed by atoms with Crippen molar-refractivity contribution in [2.75, 3.05) is 5.73 Å². The van der Waals surface area contributed by atoms with Crippen LogP contribution in [0.5, 0.6) is 11.5 Å². The van der Waals surface area contributed by atoms with Crippen molar-refractivity contribution in [1.29, 1.82) is 5.26 Å². The number of carbonyl (C=O) groups is 1. The number of fused-ring (bicyclic) bond motifs is 1. The number of carboxylic acid groups (broad SMARTS) is 1. The van der Waals surface area contributed by atoms with Gasteiger partial charge in [0.2, 0.25) is 0 Å². The number of ether oxygens (including phenoxy) is 1. The van der Waals surface area contributed by atoms with E-state index in [1.807, 2.05) is 30.5 Å². The molecule has 172 valence electrons. The number of hydrogen-bond acceptors (Lipinski definition) is 7. The van der Waals surface area contributed by atoms with Gasteiger partial charge in [-0.05, 0) is 50.6 Å². The van der Waals surface area contributed by atoms with Crippen LogP contribution in [0.2, 0.25) is 0 Å². The molecule has 2 aromatic heterocycles. The number of nitriles is 1. The van der Waals surface area contributed by atoms with Crippen molar-refractivity contribution in [2.24, 2.45) is 0 Å². The molecule has 9 heteroatoms. The van der Waals surface area contributed by atoms with Crippen LogP contribution < -0.4 is 10.5 Å². The molecule has 8 nitrogen and oxygen atoms in total. The van der Waals surface area contributed by atoms with E-state index in [0.717, 1.165) is 33.9 Å². The summed E-state index contributed by atoms with van der Waals surface area (Å²) < 4.78 is 8.05. The summed E-state index contributed by atoms with van der Waals surface area (Å²) >= 11 is 1.11. The third-order valence-corrected chi connectivity index (χ3v) is 6.49. The molecule has 34 heavy (non-hydrogen) atoms. The van der Waals surface area contributed by atoms with E-state index >= 15 is 0 Å². The number of nitrogen functional groups attached to an aromatic ring is 1. The van der Waals surface area contributed by atoms with Gasteiger partial charge in [0.05, 0.1) is 5.39 Å². The van der Waals surface area contributed by atoms with Crippen molar-refractivity contribution >= 4 is 34.6 Å². The second-order valence-corrected chi connectivity index (χ2v) is 9.35. The molecule has 3 N–H and O–H groups in total. The molecule has 0 saturated carbocycles. The maximum Gasteiger partial charge on any atom is 0.316 e. The highest BCUT2D eigenvalue weighted by Gasteiger charge is 2.19. The topological polar surface area (TPSA) is 127 Å². The summed E-state index contributed by atoms with van der Waals surface area (Å²) in [5.41, 5.74) is 9.11. The summed E-state index contributed by atoms with van der Waals surface area (Å²) in [5.74, 6) is 0.390. The fraction of sp³-hybridized carbons (Fsp3) is 0.200. The Morgan fingerprint density at radius 1 is 1.18 bits per heavy atom. The number of thioether (sulfide) groups is 1. The molecule has 4 aromatic rings. The van der Waals surface area contributed by atoms with E-state index in [-0.39, 0.29) is 6.04 Å². The number of carboxylic acids is 1. The highest BCUT2D eigenvalue weighted by molar-refractivity contribution is 8.00. The molecule has 0 aliphatic rings. The van der Waals surface area contributed by atoms with Gasteiger partial charge in [0, 0.05) is 22.7 Å². The van der Waals surface area contributed by atoms with Crippen molar-refractivity contribution in [3.8, 4) is 28.7 Å². The van der Waals surface area contributed by atoms with Crippen LogP contribution in [0.15, 0.2) is 59.9 Å². The summed E-state index contributed by atoms with van der Waals surface area (Å²) in [6, 6.07) is 14.9. The lowest BCUT2D eigenvalue weighted by Crippen LogP contribution is -2.11. The van der Waals surface area contributed by atoms with Crippen LogP contribution in [-0.4, -0.2) is 30.9 Å². The minimum Gasteiger partial charge on any atom is -0.480 e. The van der Waals surface area contributed by atoms with Crippen LogP contribution in [0.25, 0.3) is 22.2 Å². The quantitative estimate of drug-likeness (QED) is 0.337. The zero-order valence-corrected chi connectivity index (χ0v) is 19.7. The number of anilines is 1. The Hall–Kier alpha value is -4.03. The smallest absolute Gasteiger partial charge is 0.316 e. The molecule has 0 radical (unpaired) electrons. The third kappa shape index (κ3) is 4.40. The lowest BCUT2D eigenvalue weighted by molar-refractivity contribution is -0.136. The Balaban J connectivity index is 1.66. The summed E-state index contributed by atoms with van der Waals surface area (Å²) in [5, 5.41) is 19.0. The standard InChI is InChI=1S/C25H23N5O3S/c1-14(2)30-12-19(22-23(27)28-13-29-24(22)30)16-7-9-17(10-8-16)33-20-5-4-6-21(18(20)11-26)34-15(3)25(31)32/h4-10,12-15H,1-3H3,(H,31,32)(H2,27,28,29). The number of hydrogen-bond donors (Lipinski definition) is 2. The summed E-state index contributed by atoms with van der Waals surface area (Å²) in [4.78, 5) is 20.4. The lowest BCUT2D eigenvalue weighted by Gasteiger charge is -2.12. The SMILES string of the molecule is CC(Sc1cccc(Oc2ccc(-c3cn(C(C)C)c4ncnc(N)c34)cc2)c1C#N)C(=O)O. The zero-order chi connectivity index (χ0) is 24.4. The number of benzene rings is 2. The lowest BCUT2D eigenvalue weighted by atomic mass is 10.1. The molecule has 4 rings (SSSR count). The van der Waals surface area contributed by atoms with Gasteiger partial charge in [-0.3, -0.25) is 4.79 Å². The molecule has 0 amide bonds. The summed E-state index contributed by atoms with van der Waals surface area (Å²) in [6.07, 6.45) is 3.49. The Bertz CT molecular complexity index is 1410. The molecule has 0 bridgehead atoms. The van der Waals surface area contributed by atoms with Gasteiger partial charge >= 0.3 is 5.97 Å². The first-order valence-corrected chi connectivity index (χ1v) is 11.5. The molecule has 1 atom stereocenters. The summed E-state index contributed by atoms with van der Waals surface area (Å²) in [6.45, 7) is 5.73. The second kappa shape index (κ2) is 9.45. The van der Waals surface area contributed by atoms with E-state index in [1.165, 1.54) is 6.33 Å². The van der Waals surface area contributed by atoms with Crippen molar-refractivity contribution in [1.82, 2.24) is 14.5 Å².